The smallest absolute Gasteiger partial charge is 0.243 e. The van der Waals surface area contributed by atoms with E-state index < -0.39 is 10.0 Å². The fourth-order valence-corrected chi connectivity index (χ4v) is 5.13. The van der Waals surface area contributed by atoms with Gasteiger partial charge in [-0.2, -0.15) is 9.57 Å². The van der Waals surface area contributed by atoms with Crippen molar-refractivity contribution in [1.29, 1.82) is 5.26 Å². The molecule has 7 heteroatoms. The molecular formula is C24H29N3O3S. The van der Waals surface area contributed by atoms with Crippen LogP contribution < -0.4 is 5.32 Å². The minimum absolute atomic E-state index is 0.0360. The third kappa shape index (κ3) is 5.52. The van der Waals surface area contributed by atoms with Crippen molar-refractivity contribution in [2.45, 2.75) is 50.5 Å². The van der Waals surface area contributed by atoms with E-state index in [-0.39, 0.29) is 17.2 Å². The summed E-state index contributed by atoms with van der Waals surface area (Å²) < 4.78 is 27.5. The van der Waals surface area contributed by atoms with Gasteiger partial charge in [-0.15, -0.1) is 0 Å². The first-order valence-corrected chi connectivity index (χ1v) is 11.9. The molecule has 0 spiro atoms. The molecular weight excluding hydrogens is 410 g/mol. The molecule has 1 aliphatic heterocycles. The molecule has 1 saturated heterocycles. The molecule has 0 bridgehead atoms. The number of hydrogen-bond donors (Lipinski definition) is 1. The predicted octanol–water partition coefficient (Wildman–Crippen LogP) is 3.57. The van der Waals surface area contributed by atoms with Crippen LogP contribution in [-0.2, 0) is 26.8 Å². The number of nitrogens with one attached hydrogen (secondary N) is 1. The summed E-state index contributed by atoms with van der Waals surface area (Å²) >= 11 is 0. The molecule has 0 atom stereocenters. The Labute approximate surface area is 184 Å². The molecule has 164 valence electrons. The maximum atomic E-state index is 13.0. The largest absolute Gasteiger partial charge is 0.352 e. The Kier molecular flexibility index (Phi) is 6.83. The second kappa shape index (κ2) is 9.21. The van der Waals surface area contributed by atoms with Crippen molar-refractivity contribution in [2.24, 2.45) is 5.92 Å². The van der Waals surface area contributed by atoms with Crippen LogP contribution in [0.1, 0.15) is 50.3 Å². The molecule has 0 aromatic heterocycles. The van der Waals surface area contributed by atoms with Crippen LogP contribution in [0.5, 0.6) is 0 Å². The van der Waals surface area contributed by atoms with E-state index in [9.17, 15) is 13.2 Å². The number of benzene rings is 2. The normalized spacial score (nSPS) is 15.9. The monoisotopic (exact) mass is 439 g/mol. The average molecular weight is 440 g/mol. The molecule has 31 heavy (non-hydrogen) atoms. The summed E-state index contributed by atoms with van der Waals surface area (Å²) in [5, 5.41) is 11.8. The van der Waals surface area contributed by atoms with Gasteiger partial charge in [0, 0.05) is 25.6 Å². The van der Waals surface area contributed by atoms with Gasteiger partial charge in [0.15, 0.2) is 0 Å². The van der Waals surface area contributed by atoms with Gasteiger partial charge in [-0.25, -0.2) is 8.42 Å². The first kappa shape index (κ1) is 23.0. The van der Waals surface area contributed by atoms with Crippen molar-refractivity contribution in [1.82, 2.24) is 9.62 Å². The Bertz CT molecular complexity index is 1060. The first-order chi connectivity index (χ1) is 14.6. The first-order valence-electron chi connectivity index (χ1n) is 10.5. The van der Waals surface area contributed by atoms with Crippen LogP contribution >= 0.6 is 0 Å². The fourth-order valence-electron chi connectivity index (χ4n) is 3.66. The summed E-state index contributed by atoms with van der Waals surface area (Å²) in [6.07, 6.45) is 0.997. The van der Waals surface area contributed by atoms with Crippen molar-refractivity contribution in [3.63, 3.8) is 0 Å². The summed E-state index contributed by atoms with van der Waals surface area (Å²) in [4.78, 5) is 12.8. The fraction of sp³-hybridized carbons (Fsp3) is 0.417. The van der Waals surface area contributed by atoms with Crippen molar-refractivity contribution < 1.29 is 13.2 Å². The quantitative estimate of drug-likeness (QED) is 0.771. The molecule has 1 fully saturated rings. The molecule has 2 aromatic carbocycles. The van der Waals surface area contributed by atoms with Gasteiger partial charge < -0.3 is 5.32 Å². The zero-order valence-electron chi connectivity index (χ0n) is 18.3. The van der Waals surface area contributed by atoms with Crippen LogP contribution in [0.4, 0.5) is 0 Å². The lowest BCUT2D eigenvalue weighted by atomic mass is 9.87. The summed E-state index contributed by atoms with van der Waals surface area (Å²) in [5.41, 5.74) is 2.55. The second-order valence-electron chi connectivity index (χ2n) is 8.98. The molecule has 1 amide bonds. The van der Waals surface area contributed by atoms with Gasteiger partial charge in [0.05, 0.1) is 16.5 Å². The molecule has 1 heterocycles. The minimum Gasteiger partial charge on any atom is -0.352 e. The van der Waals surface area contributed by atoms with Crippen LogP contribution in [-0.4, -0.2) is 31.7 Å². The van der Waals surface area contributed by atoms with Gasteiger partial charge in [-0.05, 0) is 53.6 Å². The summed E-state index contributed by atoms with van der Waals surface area (Å²) in [6.45, 7) is 7.33. The SMILES string of the molecule is CC(C)(C)c1ccc(S(=O)(=O)N2CCC(C(=O)NCc3ccc(C#N)cc3)CC2)cc1. The lowest BCUT2D eigenvalue weighted by molar-refractivity contribution is -0.126. The van der Waals surface area contributed by atoms with E-state index in [1.807, 2.05) is 24.3 Å². The lowest BCUT2D eigenvalue weighted by Crippen LogP contribution is -2.42. The third-order valence-corrected chi connectivity index (χ3v) is 7.65. The number of amides is 1. The highest BCUT2D eigenvalue weighted by Crippen LogP contribution is 2.27. The minimum atomic E-state index is -3.56. The number of rotatable bonds is 5. The van der Waals surface area contributed by atoms with Crippen LogP contribution in [0.3, 0.4) is 0 Å². The highest BCUT2D eigenvalue weighted by molar-refractivity contribution is 7.89. The van der Waals surface area contributed by atoms with E-state index in [0.29, 0.717) is 42.9 Å². The van der Waals surface area contributed by atoms with E-state index in [1.165, 1.54) is 4.31 Å². The van der Waals surface area contributed by atoms with E-state index in [2.05, 4.69) is 32.2 Å². The Hall–Kier alpha value is -2.69. The van der Waals surface area contributed by atoms with Crippen molar-refractivity contribution in [2.75, 3.05) is 13.1 Å². The van der Waals surface area contributed by atoms with Gasteiger partial charge >= 0.3 is 0 Å². The van der Waals surface area contributed by atoms with Crippen molar-refractivity contribution in [3.05, 3.63) is 65.2 Å². The molecule has 0 aliphatic carbocycles. The topological polar surface area (TPSA) is 90.3 Å². The molecule has 0 radical (unpaired) electrons. The van der Waals surface area contributed by atoms with Gasteiger partial charge in [0.25, 0.3) is 0 Å². The molecule has 0 unspecified atom stereocenters. The lowest BCUT2D eigenvalue weighted by Gasteiger charge is -2.30. The average Bonchev–Trinajstić information content (AvgIpc) is 2.77. The van der Waals surface area contributed by atoms with Crippen LogP contribution in [0.15, 0.2) is 53.4 Å². The standard InChI is InChI=1S/C24H29N3O3S/c1-24(2,3)21-8-10-22(11-9-21)31(29,30)27-14-12-20(13-15-27)23(28)26-17-19-6-4-18(16-25)5-7-19/h4-11,20H,12-15,17H2,1-3H3,(H,26,28). The number of carbonyl (C=O) groups is 1. The highest BCUT2D eigenvalue weighted by Gasteiger charge is 2.32. The highest BCUT2D eigenvalue weighted by atomic mass is 32.2. The molecule has 6 nitrogen and oxygen atoms in total. The summed E-state index contributed by atoms with van der Waals surface area (Å²) in [6, 6.07) is 16.2. The van der Waals surface area contributed by atoms with Crippen LogP contribution in [0, 0.1) is 17.2 Å². The zero-order valence-corrected chi connectivity index (χ0v) is 19.1. The Morgan fingerprint density at radius 1 is 1.06 bits per heavy atom. The van der Waals surface area contributed by atoms with Crippen LogP contribution in [0.2, 0.25) is 0 Å². The maximum Gasteiger partial charge on any atom is 0.243 e. The van der Waals surface area contributed by atoms with Gasteiger partial charge in [-0.1, -0.05) is 45.0 Å². The number of hydrogen-bond acceptors (Lipinski definition) is 4. The number of nitrogens with zero attached hydrogens (tertiary/aromatic N) is 2. The number of nitriles is 1. The molecule has 1 aliphatic rings. The number of sulfonamides is 1. The van der Waals surface area contributed by atoms with Gasteiger partial charge in [0.2, 0.25) is 15.9 Å². The Morgan fingerprint density at radius 3 is 2.16 bits per heavy atom. The second-order valence-corrected chi connectivity index (χ2v) is 10.9. The zero-order chi connectivity index (χ0) is 22.6. The molecule has 2 aromatic rings. The number of carbonyl (C=O) groups excluding carboxylic acids is 1. The van der Waals surface area contributed by atoms with Crippen molar-refractivity contribution >= 4 is 15.9 Å². The van der Waals surface area contributed by atoms with E-state index >= 15 is 0 Å². The third-order valence-electron chi connectivity index (χ3n) is 5.73. The Balaban J connectivity index is 1.55. The predicted molar refractivity (Wildman–Crippen MR) is 120 cm³/mol. The van der Waals surface area contributed by atoms with E-state index in [0.717, 1.165) is 11.1 Å². The van der Waals surface area contributed by atoms with Gasteiger partial charge in [-0.3, -0.25) is 4.79 Å². The van der Waals surface area contributed by atoms with Crippen molar-refractivity contribution in [3.8, 4) is 6.07 Å². The van der Waals surface area contributed by atoms with E-state index in [1.54, 1.807) is 24.3 Å². The molecule has 0 saturated carbocycles. The maximum absolute atomic E-state index is 13.0. The molecule has 1 N–H and O–H groups in total. The summed E-state index contributed by atoms with van der Waals surface area (Å²) in [5.74, 6) is -0.260. The van der Waals surface area contributed by atoms with E-state index in [4.69, 9.17) is 5.26 Å². The van der Waals surface area contributed by atoms with Gasteiger partial charge in [0.1, 0.15) is 0 Å². The summed E-state index contributed by atoms with van der Waals surface area (Å²) in [7, 11) is -3.56. The molecule has 3 rings (SSSR count). The number of piperidine rings is 1. The van der Waals surface area contributed by atoms with Crippen LogP contribution in [0.25, 0.3) is 0 Å². The Morgan fingerprint density at radius 2 is 1.65 bits per heavy atom.